The molecular weight excluding hydrogens is 400 g/mol. The van der Waals surface area contributed by atoms with Crippen LogP contribution in [0.3, 0.4) is 0 Å². The van der Waals surface area contributed by atoms with Gasteiger partial charge in [0.2, 0.25) is 0 Å². The highest BCUT2D eigenvalue weighted by Gasteiger charge is 2.32. The van der Waals surface area contributed by atoms with Gasteiger partial charge in [-0.05, 0) is 66.7 Å². The lowest BCUT2D eigenvalue weighted by atomic mass is 9.76. The number of fused-ring (bicyclic) bond motifs is 2. The lowest BCUT2D eigenvalue weighted by Gasteiger charge is -2.31. The molecular formula is C26H28N4O2. The number of aromatic nitrogens is 2. The first-order chi connectivity index (χ1) is 15.4. The summed E-state index contributed by atoms with van der Waals surface area (Å²) < 4.78 is 5.94. The predicted octanol–water partition coefficient (Wildman–Crippen LogP) is 5.33. The molecule has 32 heavy (non-hydrogen) atoms. The van der Waals surface area contributed by atoms with E-state index in [0.29, 0.717) is 11.3 Å². The Labute approximate surface area is 188 Å². The summed E-state index contributed by atoms with van der Waals surface area (Å²) in [4.78, 5) is 19.6. The topological polar surface area (TPSA) is 90.8 Å². The van der Waals surface area contributed by atoms with E-state index in [1.807, 2.05) is 12.1 Å². The summed E-state index contributed by atoms with van der Waals surface area (Å²) in [5, 5.41) is 12.0. The largest absolute Gasteiger partial charge is 0.367 e. The summed E-state index contributed by atoms with van der Waals surface area (Å²) in [7, 11) is 0. The Balaban J connectivity index is 1.46. The normalized spacial score (nSPS) is 25.8. The second-order valence-corrected chi connectivity index (χ2v) is 9.88. The van der Waals surface area contributed by atoms with Crippen LogP contribution >= 0.6 is 0 Å². The fourth-order valence-electron chi connectivity index (χ4n) is 4.95. The van der Waals surface area contributed by atoms with Crippen LogP contribution in [-0.2, 0) is 4.74 Å². The van der Waals surface area contributed by atoms with Crippen molar-refractivity contribution in [2.24, 2.45) is 5.41 Å². The molecule has 6 heteroatoms. The van der Waals surface area contributed by atoms with E-state index < -0.39 is 0 Å². The number of nitrogens with one attached hydrogen (secondary N) is 2. The van der Waals surface area contributed by atoms with Crippen LogP contribution in [0, 0.1) is 16.7 Å². The molecule has 1 fully saturated rings. The van der Waals surface area contributed by atoms with Crippen molar-refractivity contribution in [2.75, 3.05) is 5.32 Å². The van der Waals surface area contributed by atoms with Crippen LogP contribution in [0.4, 0.5) is 5.69 Å². The SMILES string of the molecule is CC1(C)CC=C(c2cc(C3C[C@H]4C=C[C@@H](C3)O4)ccc2NC(=O)c2ncc(C#N)[nH]2)CC1. The Morgan fingerprint density at radius 2 is 2.06 bits per heavy atom. The van der Waals surface area contributed by atoms with E-state index in [2.05, 4.69) is 59.5 Å². The molecule has 2 bridgehead atoms. The van der Waals surface area contributed by atoms with Crippen LogP contribution in [0.2, 0.25) is 0 Å². The van der Waals surface area contributed by atoms with Crippen LogP contribution in [0.15, 0.2) is 42.6 Å². The Morgan fingerprint density at radius 3 is 2.72 bits per heavy atom. The van der Waals surface area contributed by atoms with E-state index >= 15 is 0 Å². The second kappa shape index (κ2) is 8.07. The number of nitriles is 1. The molecule has 0 saturated carbocycles. The minimum atomic E-state index is -0.342. The van der Waals surface area contributed by atoms with Crippen molar-refractivity contribution in [3.63, 3.8) is 0 Å². The van der Waals surface area contributed by atoms with Crippen molar-refractivity contribution in [2.45, 2.75) is 64.1 Å². The molecule has 1 amide bonds. The lowest BCUT2D eigenvalue weighted by Crippen LogP contribution is -2.24. The number of hydrogen-bond acceptors (Lipinski definition) is 4. The number of anilines is 1. The van der Waals surface area contributed by atoms with Gasteiger partial charge in [0.1, 0.15) is 11.8 Å². The molecule has 1 aliphatic carbocycles. The minimum absolute atomic E-state index is 0.141. The first kappa shape index (κ1) is 20.7. The van der Waals surface area contributed by atoms with Gasteiger partial charge in [0, 0.05) is 11.3 Å². The third-order valence-electron chi connectivity index (χ3n) is 6.92. The van der Waals surface area contributed by atoms with Crippen LogP contribution in [0.5, 0.6) is 0 Å². The standard InChI is InChI=1S/C26H28N4O2/c1-26(2)9-7-16(8-10-26)22-13-17(18-11-20-4-5-21(12-18)32-20)3-6-23(22)30-25(31)24-28-15-19(14-27)29-24/h3-7,13,15,18,20-21H,8-12H2,1-2H3,(H,28,29)(H,30,31)/t18?,20-,21+. The maximum atomic E-state index is 12.8. The number of imidazole rings is 1. The Kier molecular flexibility index (Phi) is 5.22. The number of nitrogens with zero attached hydrogens (tertiary/aromatic N) is 2. The fraction of sp³-hybridized carbons (Fsp3) is 0.423. The number of H-pyrrole nitrogens is 1. The zero-order chi connectivity index (χ0) is 22.3. The predicted molar refractivity (Wildman–Crippen MR) is 123 cm³/mol. The van der Waals surface area contributed by atoms with Crippen LogP contribution in [0.25, 0.3) is 5.57 Å². The first-order valence-electron chi connectivity index (χ1n) is 11.3. The summed E-state index contributed by atoms with van der Waals surface area (Å²) in [5.41, 5.74) is 5.03. The van der Waals surface area contributed by atoms with Gasteiger partial charge < -0.3 is 15.0 Å². The zero-order valence-corrected chi connectivity index (χ0v) is 18.5. The zero-order valence-electron chi connectivity index (χ0n) is 18.5. The average Bonchev–Trinajstić information content (AvgIpc) is 3.40. The highest BCUT2D eigenvalue weighted by molar-refractivity contribution is 6.03. The first-order valence-corrected chi connectivity index (χ1v) is 11.3. The van der Waals surface area contributed by atoms with E-state index in [-0.39, 0.29) is 29.6 Å². The summed E-state index contributed by atoms with van der Waals surface area (Å²) in [6.45, 7) is 4.60. The van der Waals surface area contributed by atoms with Gasteiger partial charge in [-0.2, -0.15) is 5.26 Å². The van der Waals surface area contributed by atoms with E-state index in [1.54, 1.807) is 0 Å². The number of allylic oxidation sites excluding steroid dienone is 2. The van der Waals surface area contributed by atoms with Gasteiger partial charge in [0.25, 0.3) is 5.91 Å². The molecule has 3 heterocycles. The van der Waals surface area contributed by atoms with Crippen LogP contribution in [0.1, 0.15) is 79.3 Å². The van der Waals surface area contributed by atoms with E-state index in [1.165, 1.54) is 17.3 Å². The molecule has 0 radical (unpaired) electrons. The Hall–Kier alpha value is -3.17. The number of hydrogen-bond donors (Lipinski definition) is 2. The fourth-order valence-corrected chi connectivity index (χ4v) is 4.95. The molecule has 2 N–H and O–H groups in total. The van der Waals surface area contributed by atoms with E-state index in [4.69, 9.17) is 10.00 Å². The van der Waals surface area contributed by atoms with Gasteiger partial charge in [-0.3, -0.25) is 4.79 Å². The number of amides is 1. The van der Waals surface area contributed by atoms with Gasteiger partial charge >= 0.3 is 0 Å². The van der Waals surface area contributed by atoms with Gasteiger partial charge in [0.15, 0.2) is 5.82 Å². The Morgan fingerprint density at radius 1 is 1.28 bits per heavy atom. The van der Waals surface area contributed by atoms with Gasteiger partial charge in [0.05, 0.1) is 18.4 Å². The number of ether oxygens (including phenoxy) is 1. The van der Waals surface area contributed by atoms with Crippen LogP contribution < -0.4 is 5.32 Å². The maximum absolute atomic E-state index is 12.8. The average molecular weight is 429 g/mol. The smallest absolute Gasteiger partial charge is 0.291 e. The molecule has 0 spiro atoms. The molecule has 2 aliphatic heterocycles. The minimum Gasteiger partial charge on any atom is -0.367 e. The molecule has 3 aliphatic rings. The Bertz CT molecular complexity index is 1140. The lowest BCUT2D eigenvalue weighted by molar-refractivity contribution is 0.0108. The summed E-state index contributed by atoms with van der Waals surface area (Å²) in [6.07, 6.45) is 13.6. The summed E-state index contributed by atoms with van der Waals surface area (Å²) in [5.74, 6) is 0.245. The monoisotopic (exact) mass is 428 g/mol. The number of aromatic amines is 1. The van der Waals surface area contributed by atoms with Crippen molar-refractivity contribution in [3.05, 3.63) is 65.3 Å². The maximum Gasteiger partial charge on any atom is 0.291 e. The molecule has 6 nitrogen and oxygen atoms in total. The quantitative estimate of drug-likeness (QED) is 0.644. The molecule has 164 valence electrons. The summed E-state index contributed by atoms with van der Waals surface area (Å²) in [6, 6.07) is 8.38. The van der Waals surface area contributed by atoms with Gasteiger partial charge in [-0.1, -0.05) is 38.1 Å². The van der Waals surface area contributed by atoms with Gasteiger partial charge in [-0.25, -0.2) is 4.98 Å². The van der Waals surface area contributed by atoms with Gasteiger partial charge in [-0.15, -0.1) is 0 Å². The third-order valence-corrected chi connectivity index (χ3v) is 6.92. The highest BCUT2D eigenvalue weighted by atomic mass is 16.5. The third kappa shape index (κ3) is 4.13. The number of benzene rings is 1. The van der Waals surface area contributed by atoms with E-state index in [0.717, 1.165) is 43.4 Å². The van der Waals surface area contributed by atoms with Crippen molar-refractivity contribution in [1.82, 2.24) is 9.97 Å². The van der Waals surface area contributed by atoms with Crippen molar-refractivity contribution in [1.29, 1.82) is 5.26 Å². The number of carbonyl (C=O) groups is 1. The molecule has 1 aromatic heterocycles. The van der Waals surface area contributed by atoms with Crippen molar-refractivity contribution >= 4 is 17.2 Å². The second-order valence-electron chi connectivity index (χ2n) is 9.88. The van der Waals surface area contributed by atoms with Crippen LogP contribution in [-0.4, -0.2) is 28.1 Å². The number of carbonyl (C=O) groups excluding carboxylic acids is 1. The van der Waals surface area contributed by atoms with E-state index in [9.17, 15) is 4.79 Å². The number of rotatable bonds is 4. The van der Waals surface area contributed by atoms with Crippen molar-refractivity contribution < 1.29 is 9.53 Å². The summed E-state index contributed by atoms with van der Waals surface area (Å²) >= 11 is 0. The molecule has 1 aromatic carbocycles. The highest BCUT2D eigenvalue weighted by Crippen LogP contribution is 2.43. The molecule has 2 aromatic rings. The van der Waals surface area contributed by atoms with Crippen molar-refractivity contribution in [3.8, 4) is 6.07 Å². The molecule has 1 saturated heterocycles. The molecule has 1 unspecified atom stereocenters. The molecule has 5 rings (SSSR count). The molecule has 3 atom stereocenters.